The normalized spacial score (nSPS) is 10.8. The molecule has 0 aliphatic carbocycles. The van der Waals surface area contributed by atoms with Crippen LogP contribution >= 0.6 is 23.2 Å². The molecule has 9 nitrogen and oxygen atoms in total. The molecule has 38 heavy (non-hydrogen) atoms. The highest BCUT2D eigenvalue weighted by Crippen LogP contribution is 2.33. The second-order valence-corrected chi connectivity index (χ2v) is 8.68. The van der Waals surface area contributed by atoms with E-state index in [1.807, 2.05) is 6.07 Å². The van der Waals surface area contributed by atoms with Crippen molar-refractivity contribution < 1.29 is 18.4 Å². The maximum Gasteiger partial charge on any atom is 0.272 e. The summed E-state index contributed by atoms with van der Waals surface area (Å²) in [4.78, 5) is 34.1. The van der Waals surface area contributed by atoms with E-state index in [0.717, 1.165) is 0 Å². The Morgan fingerprint density at radius 2 is 1.76 bits per heavy atom. The fourth-order valence-corrected chi connectivity index (χ4v) is 4.16. The minimum absolute atomic E-state index is 0.0202. The van der Waals surface area contributed by atoms with Crippen molar-refractivity contribution in [3.63, 3.8) is 0 Å². The number of pyridine rings is 1. The molecule has 0 bridgehead atoms. The number of aromatic nitrogens is 4. The largest absolute Gasteiger partial charge is 0.447 e. The third-order valence-electron chi connectivity index (χ3n) is 5.38. The van der Waals surface area contributed by atoms with Gasteiger partial charge in [0, 0.05) is 17.8 Å². The van der Waals surface area contributed by atoms with Crippen molar-refractivity contribution in [2.75, 3.05) is 5.32 Å². The third-order valence-corrected chi connectivity index (χ3v) is 6.01. The quantitative estimate of drug-likeness (QED) is 0.274. The fraction of sp³-hybridized carbons (Fsp3) is 0.0385. The average molecular weight is 551 g/mol. The van der Waals surface area contributed by atoms with Crippen LogP contribution in [0.3, 0.4) is 0 Å². The molecule has 3 heterocycles. The number of benzene rings is 2. The Morgan fingerprint density at radius 3 is 2.50 bits per heavy atom. The predicted octanol–water partition coefficient (Wildman–Crippen LogP) is 5.55. The second kappa shape index (κ2) is 10.8. The molecule has 0 spiro atoms. The number of hydrogen-bond donors (Lipinski definition) is 2. The van der Waals surface area contributed by atoms with Crippen LogP contribution in [0.15, 0.2) is 83.7 Å². The predicted molar refractivity (Wildman–Crippen MR) is 139 cm³/mol. The van der Waals surface area contributed by atoms with Crippen LogP contribution in [0.2, 0.25) is 10.0 Å². The summed E-state index contributed by atoms with van der Waals surface area (Å²) in [5.41, 5.74) is 0.819. The first-order chi connectivity index (χ1) is 18.4. The van der Waals surface area contributed by atoms with Gasteiger partial charge in [-0.15, -0.1) is 0 Å². The Bertz CT molecular complexity index is 1620. The SMILES string of the molecule is O=C(NCc1ncco1)c1cc(NC(=O)c2cc(-c3ncccc3F)c(Cl)cc2Cl)n(-c2ccccc2)n1. The van der Waals surface area contributed by atoms with Gasteiger partial charge in [-0.1, -0.05) is 41.4 Å². The lowest BCUT2D eigenvalue weighted by Gasteiger charge is -2.12. The first kappa shape index (κ1) is 25.1. The highest BCUT2D eigenvalue weighted by molar-refractivity contribution is 6.38. The first-order valence-corrected chi connectivity index (χ1v) is 11.9. The zero-order valence-corrected chi connectivity index (χ0v) is 20.9. The maximum atomic E-state index is 14.4. The van der Waals surface area contributed by atoms with Gasteiger partial charge in [0.15, 0.2) is 5.69 Å². The number of amides is 2. The van der Waals surface area contributed by atoms with Crippen LogP contribution in [-0.4, -0.2) is 31.6 Å². The molecule has 0 saturated heterocycles. The minimum Gasteiger partial charge on any atom is -0.447 e. The van der Waals surface area contributed by atoms with Gasteiger partial charge in [-0.2, -0.15) is 5.10 Å². The number of carbonyl (C=O) groups is 2. The van der Waals surface area contributed by atoms with E-state index >= 15 is 0 Å². The Labute approximate surface area is 225 Å². The Kier molecular flexibility index (Phi) is 7.16. The Balaban J connectivity index is 1.47. The van der Waals surface area contributed by atoms with Gasteiger partial charge in [0.05, 0.1) is 34.0 Å². The van der Waals surface area contributed by atoms with Gasteiger partial charge >= 0.3 is 0 Å². The number of rotatable bonds is 7. The lowest BCUT2D eigenvalue weighted by atomic mass is 10.1. The zero-order chi connectivity index (χ0) is 26.6. The molecule has 0 unspecified atom stereocenters. The van der Waals surface area contributed by atoms with E-state index in [4.69, 9.17) is 27.6 Å². The summed E-state index contributed by atoms with van der Waals surface area (Å²) in [6.45, 7) is 0.0545. The van der Waals surface area contributed by atoms with E-state index in [-0.39, 0.29) is 44.9 Å². The summed E-state index contributed by atoms with van der Waals surface area (Å²) >= 11 is 12.6. The van der Waals surface area contributed by atoms with E-state index in [1.54, 1.807) is 24.3 Å². The smallest absolute Gasteiger partial charge is 0.272 e. The number of para-hydroxylation sites is 1. The summed E-state index contributed by atoms with van der Waals surface area (Å²) in [5, 5.41) is 9.93. The van der Waals surface area contributed by atoms with Crippen molar-refractivity contribution >= 4 is 40.8 Å². The van der Waals surface area contributed by atoms with E-state index in [9.17, 15) is 14.0 Å². The van der Waals surface area contributed by atoms with Crippen LogP contribution in [0.25, 0.3) is 16.9 Å². The van der Waals surface area contributed by atoms with Gasteiger partial charge in [-0.25, -0.2) is 14.1 Å². The highest BCUT2D eigenvalue weighted by Gasteiger charge is 2.21. The Hall–Kier alpha value is -4.54. The van der Waals surface area contributed by atoms with Crippen molar-refractivity contribution in [1.29, 1.82) is 0 Å². The highest BCUT2D eigenvalue weighted by atomic mass is 35.5. The van der Waals surface area contributed by atoms with Crippen LogP contribution in [0.1, 0.15) is 26.7 Å². The molecular formula is C26H17Cl2FN6O3. The zero-order valence-electron chi connectivity index (χ0n) is 19.4. The first-order valence-electron chi connectivity index (χ1n) is 11.1. The number of carbonyl (C=O) groups excluding carboxylic acids is 2. The van der Waals surface area contributed by atoms with Crippen molar-refractivity contribution in [2.45, 2.75) is 6.54 Å². The van der Waals surface area contributed by atoms with Crippen molar-refractivity contribution in [1.82, 2.24) is 25.1 Å². The van der Waals surface area contributed by atoms with E-state index in [1.165, 1.54) is 53.7 Å². The van der Waals surface area contributed by atoms with Gasteiger partial charge in [-0.05, 0) is 36.4 Å². The molecule has 5 aromatic rings. The molecule has 0 atom stereocenters. The molecule has 0 fully saturated rings. The van der Waals surface area contributed by atoms with Gasteiger partial charge in [0.25, 0.3) is 11.8 Å². The van der Waals surface area contributed by atoms with Crippen LogP contribution in [-0.2, 0) is 6.54 Å². The van der Waals surface area contributed by atoms with E-state index in [0.29, 0.717) is 11.6 Å². The topological polar surface area (TPSA) is 115 Å². The summed E-state index contributed by atoms with van der Waals surface area (Å²) < 4.78 is 20.9. The van der Waals surface area contributed by atoms with Gasteiger partial charge < -0.3 is 15.1 Å². The van der Waals surface area contributed by atoms with Gasteiger partial charge in [-0.3, -0.25) is 14.6 Å². The van der Waals surface area contributed by atoms with Crippen molar-refractivity contribution in [3.8, 4) is 16.9 Å². The lowest BCUT2D eigenvalue weighted by molar-refractivity contribution is 0.0941. The molecule has 2 amide bonds. The number of nitrogens with one attached hydrogen (secondary N) is 2. The number of anilines is 1. The summed E-state index contributed by atoms with van der Waals surface area (Å²) in [5.74, 6) is -1.23. The molecule has 0 aliphatic rings. The van der Waals surface area contributed by atoms with E-state index < -0.39 is 17.6 Å². The third kappa shape index (κ3) is 5.26. The molecule has 0 saturated carbocycles. The molecule has 3 aromatic heterocycles. The summed E-state index contributed by atoms with van der Waals surface area (Å²) in [6.07, 6.45) is 4.28. The minimum atomic E-state index is -0.631. The average Bonchev–Trinajstić information content (AvgIpc) is 3.59. The molecule has 0 aliphatic heterocycles. The van der Waals surface area contributed by atoms with Crippen LogP contribution in [0.5, 0.6) is 0 Å². The molecule has 190 valence electrons. The molecular weight excluding hydrogens is 534 g/mol. The summed E-state index contributed by atoms with van der Waals surface area (Å²) in [6, 6.07) is 15.7. The summed E-state index contributed by atoms with van der Waals surface area (Å²) in [7, 11) is 0. The lowest BCUT2D eigenvalue weighted by Crippen LogP contribution is -2.23. The number of halogens is 3. The number of nitrogens with zero attached hydrogens (tertiary/aromatic N) is 4. The second-order valence-electron chi connectivity index (χ2n) is 7.87. The van der Waals surface area contributed by atoms with Crippen molar-refractivity contribution in [3.05, 3.63) is 112 Å². The van der Waals surface area contributed by atoms with Crippen LogP contribution in [0, 0.1) is 5.82 Å². The number of hydrogen-bond acceptors (Lipinski definition) is 6. The van der Waals surface area contributed by atoms with Crippen LogP contribution < -0.4 is 10.6 Å². The molecule has 2 aromatic carbocycles. The van der Waals surface area contributed by atoms with Crippen LogP contribution in [0.4, 0.5) is 10.2 Å². The number of oxazole rings is 1. The van der Waals surface area contributed by atoms with Gasteiger partial charge in [0.2, 0.25) is 5.89 Å². The molecule has 12 heteroatoms. The Morgan fingerprint density at radius 1 is 0.947 bits per heavy atom. The fourth-order valence-electron chi connectivity index (χ4n) is 3.61. The monoisotopic (exact) mass is 550 g/mol. The molecule has 0 radical (unpaired) electrons. The van der Waals surface area contributed by atoms with Gasteiger partial charge in [0.1, 0.15) is 23.6 Å². The standard InChI is InChI=1S/C26H17Cl2FN6O3/c27-18-12-19(28)17(11-16(18)24-20(29)7-4-8-31-24)25(36)33-22-13-21(26(37)32-14-23-30-9-10-38-23)34-35(22)15-5-2-1-3-6-15/h1-13H,14H2,(H,32,37)(H,33,36). The maximum absolute atomic E-state index is 14.4. The van der Waals surface area contributed by atoms with E-state index in [2.05, 4.69) is 25.7 Å². The van der Waals surface area contributed by atoms with Crippen molar-refractivity contribution in [2.24, 2.45) is 0 Å². The molecule has 5 rings (SSSR count). The molecule has 2 N–H and O–H groups in total.